The third-order valence-electron chi connectivity index (χ3n) is 3.33. The zero-order valence-corrected chi connectivity index (χ0v) is 10.5. The number of hydrogen-bond donors (Lipinski definition) is 2. The Hall–Kier alpha value is -1.38. The fraction of sp³-hybridized carbons (Fsp3) is 0.571. The summed E-state index contributed by atoms with van der Waals surface area (Å²) in [6.07, 6.45) is 6.51. The second-order valence-corrected chi connectivity index (χ2v) is 4.63. The molecule has 0 spiro atoms. The number of rotatable bonds is 4. The molecular weight excluding hydrogens is 212 g/mol. The van der Waals surface area contributed by atoms with Gasteiger partial charge in [0, 0.05) is 6.04 Å². The molecule has 94 valence electrons. The van der Waals surface area contributed by atoms with Crippen LogP contribution in [-0.2, 0) is 0 Å². The maximum absolute atomic E-state index is 6.10. The number of anilines is 2. The zero-order valence-electron chi connectivity index (χ0n) is 10.5. The van der Waals surface area contributed by atoms with E-state index in [4.69, 9.17) is 10.5 Å². The van der Waals surface area contributed by atoms with Gasteiger partial charge in [-0.25, -0.2) is 0 Å². The molecule has 0 bridgehead atoms. The molecule has 1 aromatic carbocycles. The Kier molecular flexibility index (Phi) is 4.13. The molecule has 1 aliphatic rings. The van der Waals surface area contributed by atoms with Gasteiger partial charge < -0.3 is 15.8 Å². The van der Waals surface area contributed by atoms with E-state index in [1.54, 1.807) is 0 Å². The lowest BCUT2D eigenvalue weighted by Gasteiger charge is -2.25. The Morgan fingerprint density at radius 3 is 2.76 bits per heavy atom. The van der Waals surface area contributed by atoms with E-state index in [1.165, 1.54) is 32.1 Å². The summed E-state index contributed by atoms with van der Waals surface area (Å²) in [5, 5.41) is 3.54. The van der Waals surface area contributed by atoms with Crippen LogP contribution in [0.2, 0.25) is 0 Å². The molecule has 0 amide bonds. The van der Waals surface area contributed by atoms with Crippen LogP contribution in [-0.4, -0.2) is 12.6 Å². The van der Waals surface area contributed by atoms with E-state index in [-0.39, 0.29) is 0 Å². The molecule has 2 rings (SSSR count). The van der Waals surface area contributed by atoms with Crippen molar-refractivity contribution in [3.8, 4) is 5.75 Å². The Labute approximate surface area is 103 Å². The van der Waals surface area contributed by atoms with E-state index < -0.39 is 0 Å². The van der Waals surface area contributed by atoms with Gasteiger partial charge in [-0.05, 0) is 31.9 Å². The van der Waals surface area contributed by atoms with Crippen molar-refractivity contribution < 1.29 is 4.74 Å². The predicted molar refractivity (Wildman–Crippen MR) is 72.5 cm³/mol. The monoisotopic (exact) mass is 234 g/mol. The summed E-state index contributed by atoms with van der Waals surface area (Å²) in [5.74, 6) is 0.785. The third-order valence-corrected chi connectivity index (χ3v) is 3.33. The third kappa shape index (κ3) is 3.05. The Morgan fingerprint density at radius 2 is 2.06 bits per heavy atom. The topological polar surface area (TPSA) is 47.3 Å². The second kappa shape index (κ2) is 5.80. The number of nitrogens with one attached hydrogen (secondary N) is 1. The highest BCUT2D eigenvalue weighted by molar-refractivity contribution is 5.73. The van der Waals surface area contributed by atoms with Crippen LogP contribution < -0.4 is 15.8 Å². The van der Waals surface area contributed by atoms with E-state index in [1.807, 2.05) is 25.1 Å². The van der Waals surface area contributed by atoms with Crippen molar-refractivity contribution >= 4 is 11.4 Å². The van der Waals surface area contributed by atoms with Crippen LogP contribution in [0, 0.1) is 0 Å². The first kappa shape index (κ1) is 12.1. The summed E-state index contributed by atoms with van der Waals surface area (Å²) in [5.41, 5.74) is 7.85. The maximum Gasteiger partial charge on any atom is 0.144 e. The molecule has 0 aliphatic heterocycles. The molecule has 0 aromatic heterocycles. The van der Waals surface area contributed by atoms with Gasteiger partial charge in [0.25, 0.3) is 0 Å². The Balaban J connectivity index is 2.06. The second-order valence-electron chi connectivity index (χ2n) is 4.63. The van der Waals surface area contributed by atoms with Crippen molar-refractivity contribution in [3.63, 3.8) is 0 Å². The Morgan fingerprint density at radius 1 is 1.29 bits per heavy atom. The minimum Gasteiger partial charge on any atom is -0.492 e. The molecule has 0 atom stereocenters. The number of ether oxygens (including phenoxy) is 1. The molecule has 1 aromatic rings. The molecule has 0 radical (unpaired) electrons. The SMILES string of the molecule is CCOc1cccc(NC2CCCCC2)c1N. The number of nitrogen functional groups attached to an aromatic ring is 1. The maximum atomic E-state index is 6.10. The molecule has 3 nitrogen and oxygen atoms in total. The highest BCUT2D eigenvalue weighted by atomic mass is 16.5. The molecule has 0 saturated heterocycles. The van der Waals surface area contributed by atoms with E-state index >= 15 is 0 Å². The quantitative estimate of drug-likeness (QED) is 0.785. The summed E-state index contributed by atoms with van der Waals surface area (Å²) in [6, 6.07) is 6.52. The first-order valence-electron chi connectivity index (χ1n) is 6.59. The van der Waals surface area contributed by atoms with Crippen LogP contribution in [0.5, 0.6) is 5.75 Å². The van der Waals surface area contributed by atoms with Gasteiger partial charge in [0.1, 0.15) is 5.75 Å². The zero-order chi connectivity index (χ0) is 12.1. The van der Waals surface area contributed by atoms with Gasteiger partial charge in [-0.3, -0.25) is 0 Å². The first-order chi connectivity index (χ1) is 8.31. The van der Waals surface area contributed by atoms with Crippen LogP contribution in [0.3, 0.4) is 0 Å². The van der Waals surface area contributed by atoms with Gasteiger partial charge in [-0.15, -0.1) is 0 Å². The van der Waals surface area contributed by atoms with Crippen molar-refractivity contribution in [3.05, 3.63) is 18.2 Å². The largest absolute Gasteiger partial charge is 0.492 e. The number of nitrogens with two attached hydrogens (primary N) is 1. The molecule has 3 heteroatoms. The van der Waals surface area contributed by atoms with Crippen molar-refractivity contribution in [2.75, 3.05) is 17.7 Å². The van der Waals surface area contributed by atoms with Crippen LogP contribution in [0.4, 0.5) is 11.4 Å². The standard InChI is InChI=1S/C14H22N2O/c1-2-17-13-10-6-9-12(14(13)15)16-11-7-4-3-5-8-11/h6,9-11,16H,2-5,7-8,15H2,1H3. The van der Waals surface area contributed by atoms with Crippen LogP contribution in [0.25, 0.3) is 0 Å². The number of hydrogen-bond acceptors (Lipinski definition) is 3. The molecule has 0 unspecified atom stereocenters. The van der Waals surface area contributed by atoms with Gasteiger partial charge >= 0.3 is 0 Å². The summed E-state index contributed by atoms with van der Waals surface area (Å²) in [4.78, 5) is 0. The average Bonchev–Trinajstić information content (AvgIpc) is 2.36. The van der Waals surface area contributed by atoms with E-state index in [0.29, 0.717) is 12.6 Å². The van der Waals surface area contributed by atoms with Crippen molar-refractivity contribution in [2.24, 2.45) is 0 Å². The number of benzene rings is 1. The molecule has 1 aliphatic carbocycles. The fourth-order valence-corrected chi connectivity index (χ4v) is 2.42. The molecule has 17 heavy (non-hydrogen) atoms. The highest BCUT2D eigenvalue weighted by Crippen LogP contribution is 2.31. The molecule has 3 N–H and O–H groups in total. The summed E-state index contributed by atoms with van der Waals surface area (Å²) >= 11 is 0. The lowest BCUT2D eigenvalue weighted by molar-refractivity contribution is 0.342. The van der Waals surface area contributed by atoms with Crippen LogP contribution >= 0.6 is 0 Å². The van der Waals surface area contributed by atoms with Crippen LogP contribution in [0.15, 0.2) is 18.2 Å². The van der Waals surface area contributed by atoms with Gasteiger partial charge in [-0.1, -0.05) is 25.3 Å². The molecule has 1 saturated carbocycles. The summed E-state index contributed by atoms with van der Waals surface area (Å²) in [6.45, 7) is 2.62. The summed E-state index contributed by atoms with van der Waals surface area (Å²) in [7, 11) is 0. The van der Waals surface area contributed by atoms with E-state index in [9.17, 15) is 0 Å². The van der Waals surface area contributed by atoms with Gasteiger partial charge in [0.05, 0.1) is 18.0 Å². The van der Waals surface area contributed by atoms with Crippen LogP contribution in [0.1, 0.15) is 39.0 Å². The fourth-order valence-electron chi connectivity index (χ4n) is 2.42. The highest BCUT2D eigenvalue weighted by Gasteiger charge is 2.15. The molecular formula is C14H22N2O. The number of para-hydroxylation sites is 1. The van der Waals surface area contributed by atoms with Crippen molar-refractivity contribution in [1.29, 1.82) is 0 Å². The Bertz CT molecular complexity index is 359. The van der Waals surface area contributed by atoms with Crippen molar-refractivity contribution in [1.82, 2.24) is 0 Å². The van der Waals surface area contributed by atoms with Crippen molar-refractivity contribution in [2.45, 2.75) is 45.1 Å². The smallest absolute Gasteiger partial charge is 0.144 e. The average molecular weight is 234 g/mol. The molecule has 1 fully saturated rings. The predicted octanol–water partition coefficient (Wildman–Crippen LogP) is 3.41. The minimum atomic E-state index is 0.572. The molecule has 0 heterocycles. The lowest BCUT2D eigenvalue weighted by Crippen LogP contribution is -2.22. The first-order valence-corrected chi connectivity index (χ1v) is 6.59. The van der Waals surface area contributed by atoms with Gasteiger partial charge in [-0.2, -0.15) is 0 Å². The van der Waals surface area contributed by atoms with Gasteiger partial charge in [0.2, 0.25) is 0 Å². The normalized spacial score (nSPS) is 16.8. The minimum absolute atomic E-state index is 0.572. The van der Waals surface area contributed by atoms with Gasteiger partial charge in [0.15, 0.2) is 0 Å². The van der Waals surface area contributed by atoms with E-state index in [0.717, 1.165) is 17.1 Å². The lowest BCUT2D eigenvalue weighted by atomic mass is 9.95. The van der Waals surface area contributed by atoms with E-state index in [2.05, 4.69) is 5.32 Å². The summed E-state index contributed by atoms with van der Waals surface area (Å²) < 4.78 is 5.50.